The Labute approximate surface area is 169 Å². The first-order valence-electron chi connectivity index (χ1n) is 8.77. The first-order chi connectivity index (χ1) is 13.6. The maximum Gasteiger partial charge on any atom is 0.332 e. The quantitative estimate of drug-likeness (QED) is 0.546. The van der Waals surface area contributed by atoms with E-state index in [1.54, 1.807) is 18.3 Å². The summed E-state index contributed by atoms with van der Waals surface area (Å²) in [4.78, 5) is 31.5. The number of nitrogens with two attached hydrogens (primary N) is 1. The summed E-state index contributed by atoms with van der Waals surface area (Å²) in [6.07, 6.45) is 0. The SMILES string of the molecule is CCn1c(=O)c(-c2csc(-c3cccs3)n2)c(N)n(Cc2ccccc2)c1=O. The Morgan fingerprint density at radius 3 is 2.50 bits per heavy atom. The van der Waals surface area contributed by atoms with Gasteiger partial charge in [-0.1, -0.05) is 36.4 Å². The molecule has 0 radical (unpaired) electrons. The molecule has 0 saturated heterocycles. The summed E-state index contributed by atoms with van der Waals surface area (Å²) in [6.45, 7) is 2.33. The summed E-state index contributed by atoms with van der Waals surface area (Å²) in [6, 6.07) is 13.5. The van der Waals surface area contributed by atoms with Crippen LogP contribution < -0.4 is 17.0 Å². The Kier molecular flexibility index (Phi) is 4.97. The van der Waals surface area contributed by atoms with Gasteiger partial charge in [-0.25, -0.2) is 9.78 Å². The molecule has 3 aromatic heterocycles. The molecule has 28 heavy (non-hydrogen) atoms. The minimum atomic E-state index is -0.411. The van der Waals surface area contributed by atoms with Crippen LogP contribution in [0.1, 0.15) is 12.5 Å². The highest BCUT2D eigenvalue weighted by Gasteiger charge is 2.20. The lowest BCUT2D eigenvalue weighted by molar-refractivity contribution is 0.606. The van der Waals surface area contributed by atoms with E-state index in [0.29, 0.717) is 12.2 Å². The van der Waals surface area contributed by atoms with E-state index in [4.69, 9.17) is 5.73 Å². The van der Waals surface area contributed by atoms with Crippen LogP contribution in [0.25, 0.3) is 21.1 Å². The van der Waals surface area contributed by atoms with Crippen molar-refractivity contribution in [2.24, 2.45) is 0 Å². The first kappa shape index (κ1) is 18.4. The Morgan fingerprint density at radius 1 is 1.04 bits per heavy atom. The molecule has 142 valence electrons. The second-order valence-corrected chi connectivity index (χ2v) is 7.98. The van der Waals surface area contributed by atoms with Crippen LogP contribution in [0.3, 0.4) is 0 Å². The van der Waals surface area contributed by atoms with E-state index in [1.807, 2.05) is 53.2 Å². The van der Waals surface area contributed by atoms with E-state index in [-0.39, 0.29) is 17.9 Å². The Balaban J connectivity index is 1.89. The number of aromatic nitrogens is 3. The molecule has 0 spiro atoms. The minimum Gasteiger partial charge on any atom is -0.384 e. The third-order valence-electron chi connectivity index (χ3n) is 4.46. The minimum absolute atomic E-state index is 0.145. The fraction of sp³-hybridized carbons (Fsp3) is 0.150. The van der Waals surface area contributed by atoms with Crippen molar-refractivity contribution in [1.82, 2.24) is 14.1 Å². The second-order valence-electron chi connectivity index (χ2n) is 6.18. The molecule has 2 N–H and O–H groups in total. The van der Waals surface area contributed by atoms with Gasteiger partial charge in [-0.2, -0.15) is 0 Å². The lowest BCUT2D eigenvalue weighted by Gasteiger charge is -2.15. The van der Waals surface area contributed by atoms with Gasteiger partial charge in [0.15, 0.2) is 0 Å². The number of thiazole rings is 1. The van der Waals surface area contributed by atoms with Gasteiger partial charge in [0.05, 0.1) is 17.1 Å². The number of rotatable bonds is 5. The van der Waals surface area contributed by atoms with Gasteiger partial charge >= 0.3 is 5.69 Å². The summed E-state index contributed by atoms with van der Waals surface area (Å²) < 4.78 is 2.65. The van der Waals surface area contributed by atoms with Crippen LogP contribution in [0.2, 0.25) is 0 Å². The predicted molar refractivity (Wildman–Crippen MR) is 115 cm³/mol. The fourth-order valence-corrected chi connectivity index (χ4v) is 4.68. The lowest BCUT2D eigenvalue weighted by Crippen LogP contribution is -2.41. The zero-order valence-electron chi connectivity index (χ0n) is 15.2. The van der Waals surface area contributed by atoms with E-state index >= 15 is 0 Å². The van der Waals surface area contributed by atoms with Gasteiger partial charge in [-0.3, -0.25) is 13.9 Å². The average molecular weight is 411 g/mol. The molecular weight excluding hydrogens is 392 g/mol. The lowest BCUT2D eigenvalue weighted by atomic mass is 10.2. The molecule has 0 unspecified atom stereocenters. The van der Waals surface area contributed by atoms with Crippen LogP contribution in [-0.2, 0) is 13.1 Å². The highest BCUT2D eigenvalue weighted by molar-refractivity contribution is 7.20. The van der Waals surface area contributed by atoms with Crippen LogP contribution in [0, 0.1) is 0 Å². The van der Waals surface area contributed by atoms with E-state index < -0.39 is 11.2 Å². The second kappa shape index (κ2) is 7.57. The summed E-state index contributed by atoms with van der Waals surface area (Å²) in [5.41, 5.74) is 7.22. The number of nitrogen functional groups attached to an aromatic ring is 1. The number of anilines is 1. The first-order valence-corrected chi connectivity index (χ1v) is 10.5. The van der Waals surface area contributed by atoms with Crippen LogP contribution in [0.15, 0.2) is 62.8 Å². The molecule has 1 aromatic carbocycles. The van der Waals surface area contributed by atoms with E-state index in [1.165, 1.54) is 20.5 Å². The van der Waals surface area contributed by atoms with Crippen molar-refractivity contribution < 1.29 is 0 Å². The zero-order valence-corrected chi connectivity index (χ0v) is 16.8. The van der Waals surface area contributed by atoms with Gasteiger partial charge in [-0.15, -0.1) is 22.7 Å². The van der Waals surface area contributed by atoms with Crippen molar-refractivity contribution in [3.63, 3.8) is 0 Å². The molecule has 0 aliphatic heterocycles. The molecule has 0 amide bonds. The zero-order chi connectivity index (χ0) is 19.7. The fourth-order valence-electron chi connectivity index (χ4n) is 3.06. The van der Waals surface area contributed by atoms with E-state index in [9.17, 15) is 9.59 Å². The standard InChI is InChI=1S/C20H18N4O2S2/c1-2-23-19(25)16(14-12-28-18(22-14)15-9-6-10-27-15)17(21)24(20(23)26)11-13-7-4-3-5-8-13/h3-10,12H,2,11,21H2,1H3. The normalized spacial score (nSPS) is 11.0. The molecule has 4 rings (SSSR count). The highest BCUT2D eigenvalue weighted by Crippen LogP contribution is 2.32. The van der Waals surface area contributed by atoms with Crippen molar-refractivity contribution in [3.8, 4) is 21.1 Å². The Bertz CT molecular complexity index is 1220. The summed E-state index contributed by atoms with van der Waals surface area (Å²) in [7, 11) is 0. The molecule has 0 bridgehead atoms. The third-order valence-corrected chi connectivity index (χ3v) is 6.34. The van der Waals surface area contributed by atoms with Crippen molar-refractivity contribution in [3.05, 3.63) is 79.6 Å². The van der Waals surface area contributed by atoms with Crippen molar-refractivity contribution in [1.29, 1.82) is 0 Å². The van der Waals surface area contributed by atoms with Crippen LogP contribution in [0.4, 0.5) is 5.82 Å². The summed E-state index contributed by atoms with van der Waals surface area (Å²) in [5, 5.41) is 4.63. The topological polar surface area (TPSA) is 82.9 Å². The molecule has 0 atom stereocenters. The average Bonchev–Trinajstić information content (AvgIpc) is 3.38. The maximum atomic E-state index is 13.0. The maximum absolute atomic E-state index is 13.0. The van der Waals surface area contributed by atoms with E-state index in [2.05, 4.69) is 4.98 Å². The largest absolute Gasteiger partial charge is 0.384 e. The summed E-state index contributed by atoms with van der Waals surface area (Å²) >= 11 is 3.04. The predicted octanol–water partition coefficient (Wildman–Crippen LogP) is 3.51. The number of hydrogen-bond acceptors (Lipinski definition) is 6. The van der Waals surface area contributed by atoms with Gasteiger partial charge in [0.25, 0.3) is 5.56 Å². The molecule has 3 heterocycles. The van der Waals surface area contributed by atoms with Gasteiger partial charge < -0.3 is 5.73 Å². The van der Waals surface area contributed by atoms with E-state index in [0.717, 1.165) is 15.4 Å². The third kappa shape index (κ3) is 3.21. The molecule has 6 nitrogen and oxygen atoms in total. The number of benzene rings is 1. The highest BCUT2D eigenvalue weighted by atomic mass is 32.1. The van der Waals surface area contributed by atoms with Crippen molar-refractivity contribution in [2.75, 3.05) is 5.73 Å². The molecule has 0 fully saturated rings. The van der Waals surface area contributed by atoms with Crippen LogP contribution in [-0.4, -0.2) is 14.1 Å². The molecule has 0 aliphatic carbocycles. The molecule has 0 aliphatic rings. The Morgan fingerprint density at radius 2 is 1.82 bits per heavy atom. The molecular formula is C20H18N4O2S2. The molecule has 4 aromatic rings. The van der Waals surface area contributed by atoms with Gasteiger partial charge in [0, 0.05) is 11.9 Å². The summed E-state index contributed by atoms with van der Waals surface area (Å²) in [5.74, 6) is 0.145. The van der Waals surface area contributed by atoms with Gasteiger partial charge in [0.1, 0.15) is 16.4 Å². The molecule has 0 saturated carbocycles. The van der Waals surface area contributed by atoms with Crippen LogP contribution in [0.5, 0.6) is 0 Å². The van der Waals surface area contributed by atoms with Crippen molar-refractivity contribution in [2.45, 2.75) is 20.0 Å². The Hall–Kier alpha value is -2.97. The number of hydrogen-bond donors (Lipinski definition) is 1. The number of thiophene rings is 1. The molecule has 8 heteroatoms. The monoisotopic (exact) mass is 410 g/mol. The van der Waals surface area contributed by atoms with Gasteiger partial charge in [0.2, 0.25) is 0 Å². The smallest absolute Gasteiger partial charge is 0.332 e. The van der Waals surface area contributed by atoms with Gasteiger partial charge in [-0.05, 0) is 23.9 Å². The van der Waals surface area contributed by atoms with Crippen molar-refractivity contribution >= 4 is 28.5 Å². The van der Waals surface area contributed by atoms with Crippen LogP contribution >= 0.6 is 22.7 Å². The number of nitrogens with zero attached hydrogens (tertiary/aromatic N) is 3.